The van der Waals surface area contributed by atoms with Crippen LogP contribution in [0.4, 0.5) is 4.79 Å². The Balaban J connectivity index is 3.56. The Bertz CT molecular complexity index is 116. The summed E-state index contributed by atoms with van der Waals surface area (Å²) >= 11 is 0. The van der Waals surface area contributed by atoms with E-state index in [0.29, 0.717) is 6.42 Å². The van der Waals surface area contributed by atoms with Gasteiger partial charge in [0.05, 0.1) is 6.10 Å². The van der Waals surface area contributed by atoms with Crippen LogP contribution in [-0.2, 0) is 0 Å². The monoisotopic (exact) mass is 147 g/mol. The van der Waals surface area contributed by atoms with Crippen LogP contribution >= 0.6 is 0 Å². The summed E-state index contributed by atoms with van der Waals surface area (Å²) in [5, 5.41) is 17.3. The summed E-state index contributed by atoms with van der Waals surface area (Å²) in [5.41, 5.74) is 0. The molecule has 2 N–H and O–H groups in total. The van der Waals surface area contributed by atoms with Crippen LogP contribution in [0.1, 0.15) is 13.3 Å². The molecule has 10 heavy (non-hydrogen) atoms. The smallest absolute Gasteiger partial charge is 0.407 e. The molecule has 0 saturated heterocycles. The van der Waals surface area contributed by atoms with Gasteiger partial charge < -0.3 is 15.1 Å². The fourth-order valence-corrected chi connectivity index (χ4v) is 0.523. The van der Waals surface area contributed by atoms with Crippen molar-refractivity contribution in [2.75, 3.05) is 13.6 Å². The van der Waals surface area contributed by atoms with Crippen LogP contribution in [0.2, 0.25) is 0 Å². The predicted octanol–water partition coefficient (Wildman–Crippen LogP) is 0.367. The molecule has 0 aliphatic rings. The zero-order valence-corrected chi connectivity index (χ0v) is 6.24. The van der Waals surface area contributed by atoms with E-state index < -0.39 is 12.2 Å². The highest BCUT2D eigenvalue weighted by Gasteiger charge is 2.09. The molecule has 4 heteroatoms. The molecule has 1 atom stereocenters. The largest absolute Gasteiger partial charge is 0.465 e. The molecule has 0 aliphatic carbocycles. The van der Waals surface area contributed by atoms with Gasteiger partial charge in [-0.1, -0.05) is 6.92 Å². The quantitative estimate of drug-likeness (QED) is 0.606. The number of carboxylic acid groups (broad SMARTS) is 1. The molecule has 1 amide bonds. The molecule has 0 spiro atoms. The summed E-state index contributed by atoms with van der Waals surface area (Å²) in [6, 6.07) is 0. The number of nitrogens with zero attached hydrogens (tertiary/aromatic N) is 1. The fourth-order valence-electron chi connectivity index (χ4n) is 0.523. The predicted molar refractivity (Wildman–Crippen MR) is 37.0 cm³/mol. The van der Waals surface area contributed by atoms with Gasteiger partial charge in [-0.2, -0.15) is 0 Å². The van der Waals surface area contributed by atoms with Crippen molar-refractivity contribution in [1.82, 2.24) is 4.90 Å². The molecule has 0 radical (unpaired) electrons. The Labute approximate surface area is 60.1 Å². The average Bonchev–Trinajstić information content (AvgIpc) is 1.87. The first-order chi connectivity index (χ1) is 4.57. The summed E-state index contributed by atoms with van der Waals surface area (Å²) in [6.07, 6.45) is -0.967. The second-order valence-corrected chi connectivity index (χ2v) is 2.23. The molecule has 1 unspecified atom stereocenters. The van der Waals surface area contributed by atoms with Gasteiger partial charge in [-0.15, -0.1) is 0 Å². The van der Waals surface area contributed by atoms with Crippen molar-refractivity contribution < 1.29 is 15.0 Å². The van der Waals surface area contributed by atoms with Crippen molar-refractivity contribution in [3.63, 3.8) is 0 Å². The zero-order valence-electron chi connectivity index (χ0n) is 6.24. The lowest BCUT2D eigenvalue weighted by molar-refractivity contribution is 0.106. The van der Waals surface area contributed by atoms with E-state index in [1.807, 2.05) is 0 Å². The Morgan fingerprint density at radius 2 is 2.20 bits per heavy atom. The van der Waals surface area contributed by atoms with E-state index in [4.69, 9.17) is 10.2 Å². The third-order valence-electron chi connectivity index (χ3n) is 1.28. The van der Waals surface area contributed by atoms with Crippen LogP contribution in [0.3, 0.4) is 0 Å². The van der Waals surface area contributed by atoms with Gasteiger partial charge in [-0.25, -0.2) is 4.79 Å². The highest BCUT2D eigenvalue weighted by molar-refractivity contribution is 5.64. The first kappa shape index (κ1) is 9.23. The highest BCUT2D eigenvalue weighted by Crippen LogP contribution is 1.93. The topological polar surface area (TPSA) is 60.8 Å². The highest BCUT2D eigenvalue weighted by atomic mass is 16.4. The van der Waals surface area contributed by atoms with Crippen molar-refractivity contribution in [3.05, 3.63) is 0 Å². The summed E-state index contributed by atoms with van der Waals surface area (Å²) in [5.74, 6) is 0. The van der Waals surface area contributed by atoms with Gasteiger partial charge in [-0.3, -0.25) is 0 Å². The van der Waals surface area contributed by atoms with Crippen LogP contribution in [0.15, 0.2) is 0 Å². The average molecular weight is 147 g/mol. The normalized spacial score (nSPS) is 12.7. The van der Waals surface area contributed by atoms with Crippen molar-refractivity contribution in [2.45, 2.75) is 19.4 Å². The number of aliphatic hydroxyl groups excluding tert-OH is 1. The molecule has 0 aromatic carbocycles. The van der Waals surface area contributed by atoms with E-state index in [9.17, 15) is 4.79 Å². The van der Waals surface area contributed by atoms with E-state index in [1.165, 1.54) is 7.05 Å². The van der Waals surface area contributed by atoms with Gasteiger partial charge >= 0.3 is 6.09 Å². The molecular weight excluding hydrogens is 134 g/mol. The maximum atomic E-state index is 10.2. The van der Waals surface area contributed by atoms with E-state index in [2.05, 4.69) is 0 Å². The van der Waals surface area contributed by atoms with Crippen LogP contribution in [-0.4, -0.2) is 40.9 Å². The number of rotatable bonds is 3. The van der Waals surface area contributed by atoms with Crippen LogP contribution in [0, 0.1) is 0 Å². The lowest BCUT2D eigenvalue weighted by atomic mass is 10.3. The summed E-state index contributed by atoms with van der Waals surface area (Å²) in [6.45, 7) is 1.99. The van der Waals surface area contributed by atoms with Crippen molar-refractivity contribution in [2.24, 2.45) is 0 Å². The Hall–Kier alpha value is -0.770. The van der Waals surface area contributed by atoms with Crippen molar-refractivity contribution in [1.29, 1.82) is 0 Å². The minimum absolute atomic E-state index is 0.186. The molecule has 0 bridgehead atoms. The first-order valence-corrected chi connectivity index (χ1v) is 3.20. The summed E-state index contributed by atoms with van der Waals surface area (Å²) in [4.78, 5) is 11.2. The molecule has 4 nitrogen and oxygen atoms in total. The number of aliphatic hydroxyl groups is 1. The number of likely N-dealkylation sites (N-methyl/N-ethyl adjacent to an activating group) is 1. The fraction of sp³-hybridized carbons (Fsp3) is 0.833. The van der Waals surface area contributed by atoms with Gasteiger partial charge in [0.25, 0.3) is 0 Å². The maximum Gasteiger partial charge on any atom is 0.407 e. The lowest BCUT2D eigenvalue weighted by Crippen LogP contribution is -2.32. The van der Waals surface area contributed by atoms with Gasteiger partial charge in [0.1, 0.15) is 0 Å². The first-order valence-electron chi connectivity index (χ1n) is 3.20. The zero-order chi connectivity index (χ0) is 8.15. The lowest BCUT2D eigenvalue weighted by Gasteiger charge is -2.15. The molecule has 60 valence electrons. The second-order valence-electron chi connectivity index (χ2n) is 2.23. The standard InChI is InChI=1S/C6H13NO3/c1-3-5(8)4-7(2)6(9)10/h5,8H,3-4H2,1-2H3,(H,9,10). The van der Waals surface area contributed by atoms with Gasteiger partial charge in [0, 0.05) is 13.6 Å². The van der Waals surface area contributed by atoms with Gasteiger partial charge in [0.15, 0.2) is 0 Å². The Kier molecular flexibility index (Phi) is 3.79. The molecular formula is C6H13NO3. The minimum atomic E-state index is -1.01. The van der Waals surface area contributed by atoms with Crippen LogP contribution < -0.4 is 0 Å². The molecule has 0 fully saturated rings. The molecule has 0 aliphatic heterocycles. The molecule has 0 saturated carbocycles. The van der Waals surface area contributed by atoms with Crippen molar-refractivity contribution >= 4 is 6.09 Å². The Morgan fingerprint density at radius 3 is 2.50 bits per heavy atom. The van der Waals surface area contributed by atoms with Gasteiger partial charge in [0.2, 0.25) is 0 Å². The summed E-state index contributed by atoms with van der Waals surface area (Å²) in [7, 11) is 1.43. The number of hydrogen-bond acceptors (Lipinski definition) is 2. The SMILES string of the molecule is CCC(O)CN(C)C(=O)O. The third-order valence-corrected chi connectivity index (χ3v) is 1.28. The number of amides is 1. The summed E-state index contributed by atoms with van der Waals surface area (Å²) < 4.78 is 0. The number of carbonyl (C=O) groups is 1. The van der Waals surface area contributed by atoms with E-state index in [0.717, 1.165) is 4.90 Å². The van der Waals surface area contributed by atoms with E-state index in [-0.39, 0.29) is 6.54 Å². The van der Waals surface area contributed by atoms with Gasteiger partial charge in [-0.05, 0) is 6.42 Å². The molecule has 0 aromatic rings. The molecule has 0 rings (SSSR count). The van der Waals surface area contributed by atoms with E-state index >= 15 is 0 Å². The number of hydrogen-bond donors (Lipinski definition) is 2. The van der Waals surface area contributed by atoms with Crippen molar-refractivity contribution in [3.8, 4) is 0 Å². The molecule has 0 aromatic heterocycles. The third kappa shape index (κ3) is 3.29. The Morgan fingerprint density at radius 1 is 1.70 bits per heavy atom. The molecule has 0 heterocycles. The maximum absolute atomic E-state index is 10.2. The van der Waals surface area contributed by atoms with Crippen LogP contribution in [0.25, 0.3) is 0 Å². The minimum Gasteiger partial charge on any atom is -0.465 e. The van der Waals surface area contributed by atoms with E-state index in [1.54, 1.807) is 6.92 Å². The van der Waals surface area contributed by atoms with Crippen LogP contribution in [0.5, 0.6) is 0 Å². The second kappa shape index (κ2) is 4.11.